The third kappa shape index (κ3) is 6.15. The van der Waals surface area contributed by atoms with Gasteiger partial charge in [0.1, 0.15) is 5.82 Å². The van der Waals surface area contributed by atoms with Crippen LogP contribution in [0.4, 0.5) is 5.82 Å². The molecule has 2 atom stereocenters. The van der Waals surface area contributed by atoms with E-state index in [-0.39, 0.29) is 32.6 Å². The Kier molecular flexibility index (Phi) is 7.54. The number of anilines is 1. The summed E-state index contributed by atoms with van der Waals surface area (Å²) >= 11 is 1.28. The molecule has 12 heteroatoms. The van der Waals surface area contributed by atoms with Gasteiger partial charge in [0.05, 0.1) is 44.5 Å². The maximum atomic E-state index is 13.7. The number of aromatic nitrogens is 1. The summed E-state index contributed by atoms with van der Waals surface area (Å²) in [5.41, 5.74) is 6.06. The fourth-order valence-electron chi connectivity index (χ4n) is 3.82. The molecule has 1 fully saturated rings. The van der Waals surface area contributed by atoms with Crippen molar-refractivity contribution < 1.29 is 22.7 Å². The topological polar surface area (TPSA) is 146 Å². The molecule has 33 heavy (non-hydrogen) atoms. The van der Waals surface area contributed by atoms with E-state index in [0.29, 0.717) is 5.82 Å². The molecule has 2 aromatic rings. The predicted octanol–water partition coefficient (Wildman–Crippen LogP) is 0.817. The summed E-state index contributed by atoms with van der Waals surface area (Å²) in [6, 6.07) is 9.00. The molecular weight excluding hydrogens is 466 g/mol. The van der Waals surface area contributed by atoms with Gasteiger partial charge >= 0.3 is 0 Å². The molecule has 0 aliphatic carbocycles. The second-order valence-electron chi connectivity index (χ2n) is 8.66. The van der Waals surface area contributed by atoms with Crippen LogP contribution < -0.4 is 11.1 Å². The van der Waals surface area contributed by atoms with Crippen LogP contribution in [0.3, 0.4) is 0 Å². The molecule has 1 aliphatic rings. The molecule has 1 unspecified atom stereocenters. The fraction of sp³-hybridized carbons (Fsp3) is 0.476. The summed E-state index contributed by atoms with van der Waals surface area (Å²) in [7, 11) is -2.37. The summed E-state index contributed by atoms with van der Waals surface area (Å²) in [6.45, 7) is 1.79. The fourth-order valence-corrected chi connectivity index (χ4v) is 6.01. The Labute approximate surface area is 197 Å². The molecule has 1 aliphatic heterocycles. The van der Waals surface area contributed by atoms with Crippen molar-refractivity contribution in [3.8, 4) is 0 Å². The number of amides is 1. The number of piperazine rings is 1. The summed E-state index contributed by atoms with van der Waals surface area (Å²) < 4.78 is 27.2. The van der Waals surface area contributed by atoms with Crippen molar-refractivity contribution in [3.05, 3.63) is 52.0 Å². The van der Waals surface area contributed by atoms with Crippen LogP contribution in [0.2, 0.25) is 0 Å². The molecule has 0 spiro atoms. The normalized spacial score (nSPS) is 19.4. The largest absolute Gasteiger partial charge is 0.633 e. The van der Waals surface area contributed by atoms with Crippen LogP contribution in [0.1, 0.15) is 12.5 Å². The number of ketones is 1. The van der Waals surface area contributed by atoms with Crippen LogP contribution in [-0.4, -0.2) is 78.6 Å². The summed E-state index contributed by atoms with van der Waals surface area (Å²) in [6.07, 6.45) is 0.115. The van der Waals surface area contributed by atoms with Crippen molar-refractivity contribution in [1.82, 2.24) is 9.29 Å². The Morgan fingerprint density at radius 3 is 2.48 bits per heavy atom. The lowest BCUT2D eigenvalue weighted by atomic mass is 9.84. The molecule has 1 aromatic carbocycles. The molecule has 3 rings (SSSR count). The number of nitrogens with two attached hydrogens (primary N) is 1. The number of hydroxylamine groups is 3. The predicted molar refractivity (Wildman–Crippen MR) is 127 cm³/mol. The highest BCUT2D eigenvalue weighted by atomic mass is 32.2. The molecule has 1 aromatic heterocycles. The number of rotatable bonds is 10. The van der Waals surface area contributed by atoms with Crippen LogP contribution in [0, 0.1) is 11.1 Å². The second-order valence-corrected chi connectivity index (χ2v) is 11.4. The van der Waals surface area contributed by atoms with E-state index in [1.54, 1.807) is 35.2 Å². The molecule has 0 saturated carbocycles. The van der Waals surface area contributed by atoms with Gasteiger partial charge in [-0.05, 0) is 18.9 Å². The number of carbonyl (C=O) groups is 2. The number of Topliss-reactive ketones (excluding diaryl/α,β-unsaturated/α-hetero) is 1. The molecular formula is C21H29N5O5S2. The van der Waals surface area contributed by atoms with Crippen molar-refractivity contribution in [2.45, 2.75) is 18.9 Å². The lowest BCUT2D eigenvalue weighted by molar-refractivity contribution is -0.864. The van der Waals surface area contributed by atoms with Crippen molar-refractivity contribution in [2.24, 2.45) is 11.7 Å². The van der Waals surface area contributed by atoms with Crippen LogP contribution in [-0.2, 0) is 26.0 Å². The summed E-state index contributed by atoms with van der Waals surface area (Å²) in [5.74, 6) is -2.79. The van der Waals surface area contributed by atoms with Crippen molar-refractivity contribution >= 4 is 38.9 Å². The van der Waals surface area contributed by atoms with Gasteiger partial charge in [0.25, 0.3) is 5.91 Å². The average molecular weight is 496 g/mol. The maximum absolute atomic E-state index is 13.7. The van der Waals surface area contributed by atoms with Gasteiger partial charge in [-0.25, -0.2) is 13.4 Å². The number of sulfonamides is 1. The van der Waals surface area contributed by atoms with E-state index in [9.17, 15) is 23.2 Å². The van der Waals surface area contributed by atoms with Gasteiger partial charge in [-0.2, -0.15) is 4.31 Å². The minimum absolute atomic E-state index is 0.0821. The first-order valence-corrected chi connectivity index (χ1v) is 13.1. The third-order valence-corrected chi connectivity index (χ3v) is 8.50. The molecule has 0 bridgehead atoms. The van der Waals surface area contributed by atoms with Crippen molar-refractivity contribution in [3.63, 3.8) is 0 Å². The number of primary amides is 1. The number of hydrogen-bond donors (Lipinski definition) is 2. The first kappa shape index (κ1) is 25.2. The number of nitrogens with zero attached hydrogens (tertiary/aromatic N) is 3. The van der Waals surface area contributed by atoms with Gasteiger partial charge in [-0.3, -0.25) is 9.59 Å². The number of thiazole rings is 1. The number of carbonyl (C=O) groups excluding carboxylic acids is 2. The Bertz CT molecular complexity index is 1070. The van der Waals surface area contributed by atoms with Crippen LogP contribution >= 0.6 is 11.3 Å². The smallest absolute Gasteiger partial charge is 0.250 e. The van der Waals surface area contributed by atoms with Crippen LogP contribution in [0.15, 0.2) is 41.2 Å². The first-order chi connectivity index (χ1) is 15.4. The summed E-state index contributed by atoms with van der Waals surface area (Å²) in [5, 5.41) is 16.6. The van der Waals surface area contributed by atoms with Gasteiger partial charge in [-0.15, -0.1) is 11.3 Å². The van der Waals surface area contributed by atoms with E-state index in [4.69, 9.17) is 5.73 Å². The van der Waals surface area contributed by atoms with Crippen LogP contribution in [0.5, 0.6) is 0 Å². The molecule has 3 N–H and O–H groups in total. The third-order valence-electron chi connectivity index (χ3n) is 5.94. The van der Waals surface area contributed by atoms with Gasteiger partial charge in [0, 0.05) is 11.3 Å². The Morgan fingerprint density at radius 1 is 1.30 bits per heavy atom. The molecule has 10 nitrogen and oxygen atoms in total. The Morgan fingerprint density at radius 2 is 1.94 bits per heavy atom. The lowest BCUT2D eigenvalue weighted by Crippen LogP contribution is -2.59. The first-order valence-electron chi connectivity index (χ1n) is 10.5. The minimum atomic E-state index is -3.88. The maximum Gasteiger partial charge on any atom is 0.250 e. The lowest BCUT2D eigenvalue weighted by Gasteiger charge is -2.44. The highest BCUT2D eigenvalue weighted by molar-refractivity contribution is 7.89. The van der Waals surface area contributed by atoms with E-state index in [0.717, 1.165) is 5.56 Å². The monoisotopic (exact) mass is 495 g/mol. The van der Waals surface area contributed by atoms with Gasteiger partial charge < -0.3 is 20.9 Å². The Hall–Kier alpha value is -2.38. The van der Waals surface area contributed by atoms with E-state index in [2.05, 4.69) is 10.3 Å². The number of nitrogens with one attached hydrogen (secondary N) is 1. The zero-order valence-electron chi connectivity index (χ0n) is 18.6. The average Bonchev–Trinajstić information content (AvgIpc) is 3.25. The Balaban J connectivity index is 1.90. The van der Waals surface area contributed by atoms with Gasteiger partial charge in [0.2, 0.25) is 10.0 Å². The zero-order chi connectivity index (χ0) is 24.3. The van der Waals surface area contributed by atoms with Crippen LogP contribution in [0.25, 0.3) is 0 Å². The SMILES string of the molecule is C[C@](Nc1cscn1)(C(N)=O)C(=O)C(Cc1ccccc1)CS(=O)(=O)N1CC[N+](C)([O-])CC1. The standard InChI is InChI=1S/C21H29N5O5S2/c1-21(20(22)28,24-18-13-32-15-23-18)19(27)17(12-16-6-4-3-5-7-16)14-33(30,31)25-8-10-26(2,29)11-9-25/h3-7,13,15,17,24H,8-12,14H2,1-2H3,(H2,22,28)/t17?,21-/m1/s1. The highest BCUT2D eigenvalue weighted by Gasteiger charge is 2.45. The molecule has 180 valence electrons. The molecule has 2 heterocycles. The van der Waals surface area contributed by atoms with E-state index < -0.39 is 43.6 Å². The van der Waals surface area contributed by atoms with Crippen molar-refractivity contribution in [2.75, 3.05) is 44.3 Å². The number of hydrogen-bond acceptors (Lipinski definition) is 8. The number of benzene rings is 1. The molecule has 1 amide bonds. The van der Waals surface area contributed by atoms with Gasteiger partial charge in [0.15, 0.2) is 11.3 Å². The van der Waals surface area contributed by atoms with Gasteiger partial charge in [-0.1, -0.05) is 30.3 Å². The molecule has 1 saturated heterocycles. The quantitative estimate of drug-likeness (QED) is 0.282. The molecule has 0 radical (unpaired) electrons. The minimum Gasteiger partial charge on any atom is -0.633 e. The van der Waals surface area contributed by atoms with E-state index in [1.165, 1.54) is 29.6 Å². The van der Waals surface area contributed by atoms with E-state index in [1.807, 2.05) is 6.07 Å². The van der Waals surface area contributed by atoms with E-state index >= 15 is 0 Å². The van der Waals surface area contributed by atoms with Crippen molar-refractivity contribution in [1.29, 1.82) is 0 Å². The number of likely N-dealkylation sites (N-methyl/N-ethyl adjacent to an activating group) is 1. The zero-order valence-corrected chi connectivity index (χ0v) is 20.3. The highest BCUT2D eigenvalue weighted by Crippen LogP contribution is 2.25. The summed E-state index contributed by atoms with van der Waals surface area (Å²) in [4.78, 5) is 30.1. The number of quaternary nitrogens is 1. The second kappa shape index (κ2) is 9.85.